The maximum Gasteiger partial charge on any atom is 0.266 e. The Morgan fingerprint density at radius 2 is 2.00 bits per heavy atom. The Hall–Kier alpha value is -4.35. The van der Waals surface area contributed by atoms with E-state index < -0.39 is 24.2 Å². The second-order valence-electron chi connectivity index (χ2n) is 10.2. The number of carbonyl (C=O) groups excluding carboxylic acids is 2. The molecule has 3 aromatic rings. The number of anilines is 1. The van der Waals surface area contributed by atoms with Crippen LogP contribution in [-0.2, 0) is 16.6 Å². The van der Waals surface area contributed by atoms with Crippen molar-refractivity contribution in [3.8, 4) is 22.6 Å². The minimum Gasteiger partial charge on any atom is -0.365 e. The Morgan fingerprint density at radius 3 is 2.58 bits per heavy atom. The molecule has 9 nitrogen and oxygen atoms in total. The molecule has 0 bridgehead atoms. The minimum absolute atomic E-state index is 0.0241. The van der Waals surface area contributed by atoms with Crippen LogP contribution in [0.25, 0.3) is 34.0 Å². The number of hydrogen-bond donors (Lipinski definition) is 3. The molecule has 1 saturated carbocycles. The van der Waals surface area contributed by atoms with Gasteiger partial charge in [0.05, 0.1) is 23.2 Å². The smallest absolute Gasteiger partial charge is 0.266 e. The van der Waals surface area contributed by atoms with E-state index in [4.69, 9.17) is 0 Å². The number of hydrogen-bond acceptors (Lipinski definition) is 5. The fraction of sp³-hybridized carbons (Fsp3) is 0.357. The van der Waals surface area contributed by atoms with E-state index in [9.17, 15) is 18.4 Å². The van der Waals surface area contributed by atoms with Gasteiger partial charge < -0.3 is 25.1 Å². The van der Waals surface area contributed by atoms with E-state index in [2.05, 4.69) is 32.3 Å². The van der Waals surface area contributed by atoms with E-state index in [1.54, 1.807) is 43.1 Å². The van der Waals surface area contributed by atoms with Crippen LogP contribution in [0.3, 0.4) is 0 Å². The number of halogens is 3. The van der Waals surface area contributed by atoms with Crippen molar-refractivity contribution in [2.75, 3.05) is 25.0 Å². The third kappa shape index (κ3) is 5.13. The Kier molecular flexibility index (Phi) is 7.03. The number of rotatable bonds is 7. The lowest BCUT2D eigenvalue weighted by atomic mass is 10.0. The summed E-state index contributed by atoms with van der Waals surface area (Å²) in [5.74, 6) is -3.79. The van der Waals surface area contributed by atoms with Crippen LogP contribution in [0.5, 0.6) is 0 Å². The summed E-state index contributed by atoms with van der Waals surface area (Å²) in [6, 6.07) is 4.50. The van der Waals surface area contributed by atoms with Gasteiger partial charge in [-0.05, 0) is 44.7 Å². The van der Waals surface area contributed by atoms with Crippen molar-refractivity contribution >= 4 is 35.6 Å². The SMILES string of the molecule is C=N/C(NC(=O)C1CC1)=c1/[nH]c(-c2c(F)cc(-c3nccn3C)cc2N2CCC(F)(F)C2)c/c1=C(/C)C(=O)NC. The molecule has 210 valence electrons. The molecular weight excluding hydrogens is 523 g/mol. The Labute approximate surface area is 228 Å². The molecule has 12 heteroatoms. The number of imidazole rings is 1. The molecule has 0 atom stereocenters. The first-order valence-corrected chi connectivity index (χ1v) is 12.9. The van der Waals surface area contributed by atoms with Crippen molar-refractivity contribution in [2.45, 2.75) is 32.1 Å². The third-order valence-electron chi connectivity index (χ3n) is 7.30. The maximum absolute atomic E-state index is 16.1. The molecular formula is C28H30F3N7O2. The summed E-state index contributed by atoms with van der Waals surface area (Å²) in [4.78, 5) is 38.0. The lowest BCUT2D eigenvalue weighted by Crippen LogP contribution is -2.37. The van der Waals surface area contributed by atoms with Crippen molar-refractivity contribution in [3.63, 3.8) is 0 Å². The number of amides is 2. The van der Waals surface area contributed by atoms with Crippen LogP contribution in [0.2, 0.25) is 0 Å². The number of benzene rings is 1. The summed E-state index contributed by atoms with van der Waals surface area (Å²) in [5.41, 5.74) is 1.23. The van der Waals surface area contributed by atoms with Gasteiger partial charge in [0, 0.05) is 67.4 Å². The zero-order valence-corrected chi connectivity index (χ0v) is 22.4. The second kappa shape index (κ2) is 10.3. The van der Waals surface area contributed by atoms with Crippen molar-refractivity contribution < 1.29 is 22.8 Å². The fourth-order valence-corrected chi connectivity index (χ4v) is 4.95. The molecule has 2 aliphatic rings. The van der Waals surface area contributed by atoms with Crippen LogP contribution in [-0.4, -0.2) is 59.1 Å². The van der Waals surface area contributed by atoms with Gasteiger partial charge in [-0.25, -0.2) is 23.1 Å². The molecule has 3 N–H and O–H groups in total. The maximum atomic E-state index is 16.1. The quantitative estimate of drug-likeness (QED) is 0.391. The average molecular weight is 554 g/mol. The molecule has 40 heavy (non-hydrogen) atoms. The number of aromatic nitrogens is 3. The standard InChI is InChI=1S/C28H30F3N7O2/c1-15(26(39)33-3)18-13-20(35-23(18)24(32-2)36-27(40)16-5-6-16)22-19(29)11-17(25-34-8-10-37(25)4)12-21(22)38-9-7-28(30,31)14-38/h8,10-13,16,35H,2,5-7,9,14H2,1,3-4H3,(H,33,39)(H,36,40)/b18-15+,24-23-. The number of alkyl halides is 2. The first kappa shape index (κ1) is 27.2. The summed E-state index contributed by atoms with van der Waals surface area (Å²) in [7, 11) is 3.24. The highest BCUT2D eigenvalue weighted by molar-refractivity contribution is 6.12. The summed E-state index contributed by atoms with van der Waals surface area (Å²) >= 11 is 0. The predicted molar refractivity (Wildman–Crippen MR) is 146 cm³/mol. The lowest BCUT2D eigenvalue weighted by Gasteiger charge is -2.23. The Balaban J connectivity index is 1.76. The van der Waals surface area contributed by atoms with E-state index >= 15 is 4.39 Å². The normalized spacial score (nSPS) is 17.9. The van der Waals surface area contributed by atoms with Crippen LogP contribution in [0, 0.1) is 11.7 Å². The van der Waals surface area contributed by atoms with Gasteiger partial charge in [-0.1, -0.05) is 0 Å². The topological polar surface area (TPSA) is 107 Å². The number of aromatic amines is 1. The highest BCUT2D eigenvalue weighted by Gasteiger charge is 2.39. The number of nitrogens with one attached hydrogen (secondary N) is 3. The minimum atomic E-state index is -2.93. The van der Waals surface area contributed by atoms with E-state index in [0.717, 1.165) is 12.8 Å². The van der Waals surface area contributed by atoms with Gasteiger partial charge in [-0.2, -0.15) is 0 Å². The first-order chi connectivity index (χ1) is 19.0. The van der Waals surface area contributed by atoms with Crippen LogP contribution < -0.4 is 26.1 Å². The third-order valence-corrected chi connectivity index (χ3v) is 7.30. The van der Waals surface area contributed by atoms with Crippen molar-refractivity contribution in [3.05, 3.63) is 47.0 Å². The Morgan fingerprint density at radius 1 is 1.25 bits per heavy atom. The van der Waals surface area contributed by atoms with Crippen LogP contribution >= 0.6 is 0 Å². The number of aryl methyl sites for hydroxylation is 1. The highest BCUT2D eigenvalue weighted by Crippen LogP contribution is 2.40. The molecule has 0 spiro atoms. The van der Waals surface area contributed by atoms with Gasteiger partial charge in [-0.3, -0.25) is 9.59 Å². The summed E-state index contributed by atoms with van der Waals surface area (Å²) in [6.45, 7) is 4.61. The molecule has 1 aliphatic carbocycles. The molecule has 1 aliphatic heterocycles. The largest absolute Gasteiger partial charge is 0.365 e. The van der Waals surface area contributed by atoms with E-state index in [0.29, 0.717) is 16.6 Å². The van der Waals surface area contributed by atoms with Gasteiger partial charge in [0.25, 0.3) is 5.92 Å². The Bertz CT molecular complexity index is 1640. The van der Waals surface area contributed by atoms with Crippen LogP contribution in [0.4, 0.5) is 18.9 Å². The molecule has 1 aromatic carbocycles. The first-order valence-electron chi connectivity index (χ1n) is 12.9. The zero-order chi connectivity index (χ0) is 28.8. The second-order valence-corrected chi connectivity index (χ2v) is 10.2. The van der Waals surface area contributed by atoms with E-state index in [1.807, 2.05) is 0 Å². The predicted octanol–water partition coefficient (Wildman–Crippen LogP) is 2.28. The fourth-order valence-electron chi connectivity index (χ4n) is 4.95. The molecule has 3 heterocycles. The molecule has 1 saturated heterocycles. The monoisotopic (exact) mass is 553 g/mol. The number of aliphatic imine (C=N–C) groups is 1. The molecule has 0 radical (unpaired) electrons. The average Bonchev–Trinajstić information content (AvgIpc) is 3.38. The number of H-pyrrole nitrogens is 1. The van der Waals surface area contributed by atoms with Gasteiger partial charge in [0.15, 0.2) is 5.82 Å². The summed E-state index contributed by atoms with van der Waals surface area (Å²) in [5, 5.41) is 5.93. The number of carbonyl (C=O) groups is 2. The molecule has 0 unspecified atom stereocenters. The summed E-state index contributed by atoms with van der Waals surface area (Å²) in [6.07, 6.45) is 4.44. The molecule has 2 aromatic heterocycles. The van der Waals surface area contributed by atoms with Crippen molar-refractivity contribution in [1.29, 1.82) is 0 Å². The van der Waals surface area contributed by atoms with Gasteiger partial charge in [0.2, 0.25) is 11.8 Å². The van der Waals surface area contributed by atoms with Gasteiger partial charge in [-0.15, -0.1) is 0 Å². The van der Waals surface area contributed by atoms with Gasteiger partial charge in [0.1, 0.15) is 11.6 Å². The van der Waals surface area contributed by atoms with Crippen molar-refractivity contribution in [2.24, 2.45) is 18.0 Å². The van der Waals surface area contributed by atoms with Crippen LogP contribution in [0.1, 0.15) is 26.2 Å². The van der Waals surface area contributed by atoms with Crippen LogP contribution in [0.15, 0.2) is 35.6 Å². The van der Waals surface area contributed by atoms with E-state index in [1.165, 1.54) is 18.0 Å². The van der Waals surface area contributed by atoms with Gasteiger partial charge >= 0.3 is 0 Å². The highest BCUT2D eigenvalue weighted by atomic mass is 19.3. The summed E-state index contributed by atoms with van der Waals surface area (Å²) < 4.78 is 46.4. The lowest BCUT2D eigenvalue weighted by molar-refractivity contribution is -0.121. The zero-order valence-electron chi connectivity index (χ0n) is 22.4. The molecule has 2 fully saturated rings. The van der Waals surface area contributed by atoms with E-state index in [-0.39, 0.29) is 58.5 Å². The molecule has 5 rings (SSSR count). The number of nitrogens with zero attached hydrogens (tertiary/aromatic N) is 4. The van der Waals surface area contributed by atoms with Crippen molar-refractivity contribution in [1.82, 2.24) is 25.2 Å². The molecule has 2 amide bonds.